The molecule has 0 aromatic carbocycles. The average Bonchev–Trinajstić information content (AvgIpc) is 2.39. The highest BCUT2D eigenvalue weighted by molar-refractivity contribution is 5.81. The minimum atomic E-state index is -0.0526. The van der Waals surface area contributed by atoms with Crippen molar-refractivity contribution in [3.8, 4) is 0 Å². The molecular weight excluding hydrogens is 228 g/mol. The molecule has 2 aliphatic rings. The first-order valence-electron chi connectivity index (χ1n) is 7.12. The number of nitrogens with two attached hydrogens (primary N) is 1. The molecule has 2 heterocycles. The van der Waals surface area contributed by atoms with E-state index in [0.717, 1.165) is 25.4 Å². The first kappa shape index (κ1) is 13.8. The van der Waals surface area contributed by atoms with Crippen LogP contribution in [0, 0.1) is 5.92 Å². The zero-order valence-electron chi connectivity index (χ0n) is 11.6. The largest absolute Gasteiger partial charge is 0.303 e. The summed E-state index contributed by atoms with van der Waals surface area (Å²) in [6.45, 7) is 5.33. The first-order chi connectivity index (χ1) is 8.67. The molecule has 0 radical (unpaired) electrons. The molecule has 2 rings (SSSR count). The van der Waals surface area contributed by atoms with E-state index >= 15 is 0 Å². The number of rotatable bonds is 3. The molecule has 1 amide bonds. The Labute approximate surface area is 110 Å². The van der Waals surface area contributed by atoms with Crippen molar-refractivity contribution in [2.75, 3.05) is 26.7 Å². The molecule has 5 nitrogen and oxygen atoms in total. The van der Waals surface area contributed by atoms with E-state index in [1.54, 1.807) is 0 Å². The summed E-state index contributed by atoms with van der Waals surface area (Å²) in [6, 6.07) is 0.664. The zero-order valence-corrected chi connectivity index (χ0v) is 11.6. The number of fused-ring (bicyclic) bond motifs is 1. The Kier molecular flexibility index (Phi) is 4.59. The van der Waals surface area contributed by atoms with Crippen LogP contribution in [0.1, 0.15) is 32.6 Å². The van der Waals surface area contributed by atoms with Gasteiger partial charge >= 0.3 is 0 Å². The maximum absolute atomic E-state index is 11.8. The average molecular weight is 254 g/mol. The maximum atomic E-state index is 11.8. The highest BCUT2D eigenvalue weighted by Crippen LogP contribution is 2.30. The summed E-state index contributed by atoms with van der Waals surface area (Å²) < 4.78 is 0. The fraction of sp³-hybridized carbons (Fsp3) is 0.923. The van der Waals surface area contributed by atoms with E-state index in [4.69, 9.17) is 5.84 Å². The lowest BCUT2D eigenvalue weighted by Gasteiger charge is -2.47. The number of hydrogen-bond acceptors (Lipinski definition) is 4. The van der Waals surface area contributed by atoms with Gasteiger partial charge < -0.3 is 4.90 Å². The second-order valence-electron chi connectivity index (χ2n) is 5.67. The third-order valence-electron chi connectivity index (χ3n) is 4.65. The third kappa shape index (κ3) is 2.68. The molecule has 0 spiro atoms. The van der Waals surface area contributed by atoms with E-state index in [2.05, 4.69) is 29.2 Å². The van der Waals surface area contributed by atoms with Crippen LogP contribution in [0.25, 0.3) is 0 Å². The molecule has 0 aliphatic carbocycles. The van der Waals surface area contributed by atoms with Gasteiger partial charge in [0.05, 0.1) is 6.04 Å². The fourth-order valence-electron chi connectivity index (χ4n) is 3.67. The van der Waals surface area contributed by atoms with E-state index in [9.17, 15) is 4.79 Å². The summed E-state index contributed by atoms with van der Waals surface area (Å²) in [5, 5.41) is 0. The van der Waals surface area contributed by atoms with Crippen LogP contribution in [0.15, 0.2) is 0 Å². The topological polar surface area (TPSA) is 61.6 Å². The van der Waals surface area contributed by atoms with E-state index < -0.39 is 0 Å². The van der Waals surface area contributed by atoms with Crippen LogP contribution in [-0.4, -0.2) is 54.5 Å². The van der Waals surface area contributed by atoms with Crippen LogP contribution >= 0.6 is 0 Å². The molecule has 104 valence electrons. The number of carbonyl (C=O) groups excluding carboxylic acids is 1. The van der Waals surface area contributed by atoms with Gasteiger partial charge in [-0.1, -0.05) is 6.92 Å². The van der Waals surface area contributed by atoms with Crippen LogP contribution in [0.2, 0.25) is 0 Å². The molecule has 0 aromatic heterocycles. The van der Waals surface area contributed by atoms with Crippen molar-refractivity contribution in [1.82, 2.24) is 15.2 Å². The van der Waals surface area contributed by atoms with Gasteiger partial charge in [-0.25, -0.2) is 5.84 Å². The number of amides is 1. The number of carbonyl (C=O) groups is 1. The highest BCUT2D eigenvalue weighted by Gasteiger charge is 2.37. The first-order valence-corrected chi connectivity index (χ1v) is 7.12. The van der Waals surface area contributed by atoms with Crippen LogP contribution in [-0.2, 0) is 4.79 Å². The number of nitrogens with one attached hydrogen (secondary N) is 1. The van der Waals surface area contributed by atoms with Gasteiger partial charge in [-0.2, -0.15) is 0 Å². The Morgan fingerprint density at radius 3 is 2.89 bits per heavy atom. The SMILES string of the molecule is CCC(C(=O)NN)N1CCC2C(CCCN2C)C1. The summed E-state index contributed by atoms with van der Waals surface area (Å²) in [6.07, 6.45) is 4.59. The number of piperidine rings is 2. The molecule has 0 saturated carbocycles. The fourth-order valence-corrected chi connectivity index (χ4v) is 3.67. The molecule has 2 aliphatic heterocycles. The van der Waals surface area contributed by atoms with Crippen LogP contribution in [0.4, 0.5) is 0 Å². The van der Waals surface area contributed by atoms with Crippen LogP contribution in [0.3, 0.4) is 0 Å². The van der Waals surface area contributed by atoms with Crippen molar-refractivity contribution in [3.63, 3.8) is 0 Å². The predicted octanol–water partition coefficient (Wildman–Crippen LogP) is 0.171. The third-order valence-corrected chi connectivity index (χ3v) is 4.65. The minimum Gasteiger partial charge on any atom is -0.303 e. The van der Waals surface area contributed by atoms with Crippen LogP contribution < -0.4 is 11.3 Å². The van der Waals surface area contributed by atoms with Crippen molar-refractivity contribution < 1.29 is 4.79 Å². The van der Waals surface area contributed by atoms with Crippen molar-refractivity contribution in [3.05, 3.63) is 0 Å². The van der Waals surface area contributed by atoms with Gasteiger partial charge in [0.25, 0.3) is 5.91 Å². The molecule has 0 aromatic rings. The second kappa shape index (κ2) is 5.99. The molecule has 2 fully saturated rings. The van der Waals surface area contributed by atoms with Crippen molar-refractivity contribution >= 4 is 5.91 Å². The number of hydrazine groups is 1. The van der Waals surface area contributed by atoms with Crippen molar-refractivity contribution in [2.45, 2.75) is 44.7 Å². The Balaban J connectivity index is 1.99. The lowest BCUT2D eigenvalue weighted by Crippen LogP contribution is -2.58. The molecule has 3 N–H and O–H groups in total. The quantitative estimate of drug-likeness (QED) is 0.428. The van der Waals surface area contributed by atoms with E-state index in [1.807, 2.05) is 0 Å². The van der Waals surface area contributed by atoms with Gasteiger partial charge in [-0.3, -0.25) is 15.1 Å². The second-order valence-corrected chi connectivity index (χ2v) is 5.67. The lowest BCUT2D eigenvalue weighted by atomic mass is 9.83. The van der Waals surface area contributed by atoms with Crippen molar-refractivity contribution in [2.24, 2.45) is 11.8 Å². The number of likely N-dealkylation sites (tertiary alicyclic amines) is 2. The summed E-state index contributed by atoms with van der Waals surface area (Å²) in [5.41, 5.74) is 2.30. The minimum absolute atomic E-state index is 0.0416. The molecule has 18 heavy (non-hydrogen) atoms. The predicted molar refractivity (Wildman–Crippen MR) is 71.7 cm³/mol. The monoisotopic (exact) mass is 254 g/mol. The summed E-state index contributed by atoms with van der Waals surface area (Å²) in [5.74, 6) is 5.95. The molecule has 3 unspecified atom stereocenters. The molecular formula is C13H26N4O. The summed E-state index contributed by atoms with van der Waals surface area (Å²) in [7, 11) is 2.23. The number of hydrogen-bond donors (Lipinski definition) is 2. The smallest absolute Gasteiger partial charge is 0.251 e. The Hall–Kier alpha value is -0.650. The summed E-state index contributed by atoms with van der Waals surface area (Å²) >= 11 is 0. The summed E-state index contributed by atoms with van der Waals surface area (Å²) in [4.78, 5) is 16.6. The number of nitrogens with zero attached hydrogens (tertiary/aromatic N) is 2. The van der Waals surface area contributed by atoms with Gasteiger partial charge in [0, 0.05) is 19.1 Å². The Morgan fingerprint density at radius 1 is 1.44 bits per heavy atom. The molecule has 0 bridgehead atoms. The Bertz CT molecular complexity index is 297. The van der Waals surface area contributed by atoms with Gasteiger partial charge in [-0.15, -0.1) is 0 Å². The van der Waals surface area contributed by atoms with Crippen molar-refractivity contribution in [1.29, 1.82) is 0 Å². The molecule has 3 atom stereocenters. The molecule has 2 saturated heterocycles. The van der Waals surface area contributed by atoms with Crippen LogP contribution in [0.5, 0.6) is 0 Å². The van der Waals surface area contributed by atoms with Gasteiger partial charge in [0.15, 0.2) is 0 Å². The zero-order chi connectivity index (χ0) is 13.1. The lowest BCUT2D eigenvalue weighted by molar-refractivity contribution is -0.128. The maximum Gasteiger partial charge on any atom is 0.251 e. The van der Waals surface area contributed by atoms with E-state index in [-0.39, 0.29) is 11.9 Å². The van der Waals surface area contributed by atoms with Gasteiger partial charge in [-0.05, 0) is 45.2 Å². The van der Waals surface area contributed by atoms with Gasteiger partial charge in [0.1, 0.15) is 0 Å². The normalized spacial score (nSPS) is 31.7. The Morgan fingerprint density at radius 2 is 2.22 bits per heavy atom. The highest BCUT2D eigenvalue weighted by atomic mass is 16.2. The van der Waals surface area contributed by atoms with Gasteiger partial charge in [0.2, 0.25) is 0 Å². The van der Waals surface area contributed by atoms with E-state index in [0.29, 0.717) is 6.04 Å². The van der Waals surface area contributed by atoms with E-state index in [1.165, 1.54) is 25.8 Å². The standard InChI is InChI=1S/C13H26N4O/c1-3-11(13(18)15-14)17-8-6-12-10(9-17)5-4-7-16(12)2/h10-12H,3-9,14H2,1-2H3,(H,15,18). The molecule has 5 heteroatoms.